The predicted octanol–water partition coefficient (Wildman–Crippen LogP) is 3.97. The molecule has 0 bridgehead atoms. The number of carbonyl (C=O) groups is 2. The highest BCUT2D eigenvalue weighted by atomic mass is 32.1. The number of hydrogen-bond acceptors (Lipinski definition) is 5. The van der Waals surface area contributed by atoms with Gasteiger partial charge in [0.2, 0.25) is 5.91 Å². The number of amides is 2. The molecule has 0 N–H and O–H groups in total. The third-order valence-electron chi connectivity index (χ3n) is 5.71. The second kappa shape index (κ2) is 9.93. The fraction of sp³-hybridized carbons (Fsp3) is 0.192. The maximum atomic E-state index is 12.6. The van der Waals surface area contributed by atoms with Gasteiger partial charge < -0.3 is 18.9 Å². The Hall–Kier alpha value is -3.91. The molecule has 4 aromatic rings. The zero-order chi connectivity index (χ0) is 23.3. The topological polar surface area (TPSA) is 67.2 Å². The summed E-state index contributed by atoms with van der Waals surface area (Å²) in [5, 5.41) is 1.90. The number of pyridine rings is 1. The minimum atomic E-state index is -0.0459. The summed E-state index contributed by atoms with van der Waals surface area (Å²) in [5.74, 6) is 0.739. The molecule has 1 aromatic carbocycles. The van der Waals surface area contributed by atoms with Crippen molar-refractivity contribution in [2.24, 2.45) is 0 Å². The lowest BCUT2D eigenvalue weighted by Crippen LogP contribution is -2.50. The molecule has 0 aliphatic carbocycles. The molecule has 0 unspecified atom stereocenters. The lowest BCUT2D eigenvalue weighted by molar-refractivity contribution is -0.127. The van der Waals surface area contributed by atoms with Crippen LogP contribution in [0.2, 0.25) is 0 Å². The Bertz CT molecular complexity index is 1270. The summed E-state index contributed by atoms with van der Waals surface area (Å²) in [6.07, 6.45) is 7.30. The van der Waals surface area contributed by atoms with Crippen LogP contribution < -0.4 is 4.74 Å². The summed E-state index contributed by atoms with van der Waals surface area (Å²) in [6, 6.07) is 17.2. The van der Waals surface area contributed by atoms with Crippen LogP contribution in [0.25, 0.3) is 11.7 Å². The Morgan fingerprint density at radius 1 is 0.971 bits per heavy atom. The van der Waals surface area contributed by atoms with Crippen LogP contribution in [0.5, 0.6) is 5.75 Å². The van der Waals surface area contributed by atoms with Crippen LogP contribution >= 0.6 is 11.3 Å². The van der Waals surface area contributed by atoms with E-state index in [1.807, 2.05) is 81.7 Å². The molecule has 1 aliphatic heterocycles. The predicted molar refractivity (Wildman–Crippen MR) is 132 cm³/mol. The van der Waals surface area contributed by atoms with Gasteiger partial charge in [-0.05, 0) is 47.4 Å². The minimum Gasteiger partial charge on any atom is -0.487 e. The molecule has 3 aromatic heterocycles. The number of hydrogen-bond donors (Lipinski definition) is 0. The molecule has 7 nitrogen and oxygen atoms in total. The van der Waals surface area contributed by atoms with Crippen molar-refractivity contribution in [1.82, 2.24) is 19.2 Å². The van der Waals surface area contributed by atoms with Gasteiger partial charge in [-0.15, -0.1) is 11.3 Å². The Balaban J connectivity index is 1.10. The van der Waals surface area contributed by atoms with Gasteiger partial charge in [-0.25, -0.2) is 4.98 Å². The van der Waals surface area contributed by atoms with Crippen LogP contribution in [0.3, 0.4) is 0 Å². The first kappa shape index (κ1) is 21.9. The van der Waals surface area contributed by atoms with Gasteiger partial charge in [0.05, 0.1) is 10.6 Å². The SMILES string of the molecule is O=C(/C=C/c1ccc(OCc2cn3ccccc3n2)cc1)N1CCN(C(=O)c2cccs2)CC1. The molecule has 1 aliphatic rings. The van der Waals surface area contributed by atoms with Crippen LogP contribution in [0.15, 0.2) is 78.4 Å². The zero-order valence-electron chi connectivity index (χ0n) is 18.5. The summed E-state index contributed by atoms with van der Waals surface area (Å²) in [7, 11) is 0. The molecule has 34 heavy (non-hydrogen) atoms. The van der Waals surface area contributed by atoms with Crippen LogP contribution in [-0.2, 0) is 11.4 Å². The fourth-order valence-electron chi connectivity index (χ4n) is 3.85. The normalized spacial score (nSPS) is 14.1. The Kier molecular flexibility index (Phi) is 6.40. The van der Waals surface area contributed by atoms with Crippen molar-refractivity contribution >= 4 is 34.9 Å². The second-order valence-electron chi connectivity index (χ2n) is 7.98. The molecule has 1 fully saturated rings. The molecule has 1 saturated heterocycles. The highest BCUT2D eigenvalue weighted by molar-refractivity contribution is 7.12. The molecular formula is C26H24N4O3S. The van der Waals surface area contributed by atoms with Gasteiger partial charge in [0.15, 0.2) is 0 Å². The second-order valence-corrected chi connectivity index (χ2v) is 8.93. The van der Waals surface area contributed by atoms with E-state index >= 15 is 0 Å². The third-order valence-corrected chi connectivity index (χ3v) is 6.57. The van der Waals surface area contributed by atoms with Crippen LogP contribution in [0, 0.1) is 0 Å². The monoisotopic (exact) mass is 472 g/mol. The van der Waals surface area contributed by atoms with Gasteiger partial charge in [0.1, 0.15) is 18.0 Å². The molecule has 172 valence electrons. The van der Waals surface area contributed by atoms with Gasteiger partial charge in [-0.2, -0.15) is 0 Å². The number of fused-ring (bicyclic) bond motifs is 1. The van der Waals surface area contributed by atoms with Gasteiger partial charge in [0, 0.05) is 44.6 Å². The number of ether oxygens (including phenoxy) is 1. The summed E-state index contributed by atoms with van der Waals surface area (Å²) >= 11 is 1.45. The smallest absolute Gasteiger partial charge is 0.264 e. The van der Waals surface area contributed by atoms with E-state index in [0.29, 0.717) is 32.8 Å². The van der Waals surface area contributed by atoms with Crippen LogP contribution in [-0.4, -0.2) is 57.2 Å². The number of imidazole rings is 1. The lowest BCUT2D eigenvalue weighted by Gasteiger charge is -2.34. The highest BCUT2D eigenvalue weighted by Crippen LogP contribution is 2.17. The number of aromatic nitrogens is 2. The van der Waals surface area contributed by atoms with E-state index in [2.05, 4.69) is 4.98 Å². The first-order valence-electron chi connectivity index (χ1n) is 11.1. The van der Waals surface area contributed by atoms with Crippen molar-refractivity contribution in [1.29, 1.82) is 0 Å². The average Bonchev–Trinajstić information content (AvgIpc) is 3.56. The fourth-order valence-corrected chi connectivity index (χ4v) is 4.54. The summed E-state index contributed by atoms with van der Waals surface area (Å²) in [6.45, 7) is 2.56. The van der Waals surface area contributed by atoms with Crippen molar-refractivity contribution in [2.75, 3.05) is 26.2 Å². The number of thiophene rings is 1. The van der Waals surface area contributed by atoms with Gasteiger partial charge in [-0.3, -0.25) is 9.59 Å². The standard InChI is InChI=1S/C26H24N4O3S/c31-25(28-13-15-29(16-14-28)26(32)23-4-3-17-34-23)11-8-20-6-9-22(10-7-20)33-19-21-18-30-12-2-1-5-24(30)27-21/h1-12,17-18H,13-16,19H2/b11-8+. The number of benzene rings is 1. The summed E-state index contributed by atoms with van der Waals surface area (Å²) in [4.78, 5) is 33.9. The van der Waals surface area contributed by atoms with Crippen molar-refractivity contribution in [2.45, 2.75) is 6.61 Å². The van der Waals surface area contributed by atoms with E-state index in [4.69, 9.17) is 4.74 Å². The molecule has 4 heterocycles. The van der Waals surface area contributed by atoms with Crippen molar-refractivity contribution in [3.05, 3.63) is 94.6 Å². The molecule has 0 atom stereocenters. The molecule has 2 amide bonds. The minimum absolute atomic E-state index is 0.0427. The number of rotatable bonds is 6. The molecule has 0 saturated carbocycles. The molecule has 5 rings (SSSR count). The van der Waals surface area contributed by atoms with Gasteiger partial charge >= 0.3 is 0 Å². The summed E-state index contributed by atoms with van der Waals surface area (Å²) in [5.41, 5.74) is 2.67. The summed E-state index contributed by atoms with van der Waals surface area (Å²) < 4.78 is 7.81. The van der Waals surface area contributed by atoms with E-state index in [-0.39, 0.29) is 11.8 Å². The van der Waals surface area contributed by atoms with Crippen LogP contribution in [0.4, 0.5) is 0 Å². The van der Waals surface area contributed by atoms with Crippen molar-refractivity contribution < 1.29 is 14.3 Å². The lowest BCUT2D eigenvalue weighted by atomic mass is 10.2. The van der Waals surface area contributed by atoms with Gasteiger partial charge in [-0.1, -0.05) is 24.3 Å². The first-order valence-corrected chi connectivity index (χ1v) is 12.0. The number of nitrogens with zero attached hydrogens (tertiary/aromatic N) is 4. The van der Waals surface area contributed by atoms with E-state index in [9.17, 15) is 9.59 Å². The highest BCUT2D eigenvalue weighted by Gasteiger charge is 2.24. The maximum absolute atomic E-state index is 12.6. The maximum Gasteiger partial charge on any atom is 0.264 e. The molecular weight excluding hydrogens is 448 g/mol. The van der Waals surface area contributed by atoms with Gasteiger partial charge in [0.25, 0.3) is 5.91 Å². The largest absolute Gasteiger partial charge is 0.487 e. The van der Waals surface area contributed by atoms with Crippen molar-refractivity contribution in [3.63, 3.8) is 0 Å². The number of piperazine rings is 1. The number of carbonyl (C=O) groups excluding carboxylic acids is 2. The van der Waals surface area contributed by atoms with Crippen molar-refractivity contribution in [3.8, 4) is 5.75 Å². The van der Waals surface area contributed by atoms with E-state index in [1.165, 1.54) is 11.3 Å². The average molecular weight is 473 g/mol. The Morgan fingerprint density at radius 3 is 2.50 bits per heavy atom. The zero-order valence-corrected chi connectivity index (χ0v) is 19.4. The molecule has 0 radical (unpaired) electrons. The van der Waals surface area contributed by atoms with Crippen LogP contribution in [0.1, 0.15) is 20.9 Å². The molecule has 0 spiro atoms. The van der Waals surface area contributed by atoms with E-state index < -0.39 is 0 Å². The third kappa shape index (κ3) is 5.02. The Morgan fingerprint density at radius 2 is 1.76 bits per heavy atom. The quantitative estimate of drug-likeness (QED) is 0.398. The Labute approximate surface area is 201 Å². The van der Waals surface area contributed by atoms with E-state index in [1.54, 1.807) is 17.1 Å². The first-order chi connectivity index (χ1) is 16.7. The molecule has 8 heteroatoms. The van der Waals surface area contributed by atoms with E-state index in [0.717, 1.165) is 27.5 Å².